The summed E-state index contributed by atoms with van der Waals surface area (Å²) in [6.07, 6.45) is 0. The van der Waals surface area contributed by atoms with Crippen LogP contribution in [0.25, 0.3) is 0 Å². The Balaban J connectivity index is 1.46. The Bertz CT molecular complexity index is 1150. The number of anilines is 1. The molecule has 1 heterocycles. The number of hydrogen-bond acceptors (Lipinski definition) is 6. The third kappa shape index (κ3) is 3.33. The van der Waals surface area contributed by atoms with Crippen LogP contribution in [0, 0.1) is 0 Å². The van der Waals surface area contributed by atoms with Gasteiger partial charge < -0.3 is 9.84 Å². The summed E-state index contributed by atoms with van der Waals surface area (Å²) in [5.41, 5.74) is 2.25. The van der Waals surface area contributed by atoms with E-state index in [1.165, 1.54) is 18.2 Å². The zero-order valence-corrected chi connectivity index (χ0v) is 15.7. The van der Waals surface area contributed by atoms with E-state index in [9.17, 15) is 19.5 Å². The highest BCUT2D eigenvalue weighted by Gasteiger charge is 2.36. The highest BCUT2D eigenvalue weighted by atomic mass is 16.5. The highest BCUT2D eigenvalue weighted by molar-refractivity contribution is 6.34. The van der Waals surface area contributed by atoms with Gasteiger partial charge in [0, 0.05) is 0 Å². The van der Waals surface area contributed by atoms with Crippen LogP contribution >= 0.6 is 0 Å². The number of phenolic OH excluding ortho intramolecular Hbond substituents is 1. The van der Waals surface area contributed by atoms with Crippen molar-refractivity contribution in [1.29, 1.82) is 0 Å². The maximum absolute atomic E-state index is 12.5. The topological polar surface area (TPSA) is 96.3 Å². The number of carbonyl (C=O) groups is 3. The molecule has 7 heteroatoms. The quantitative estimate of drug-likeness (QED) is 0.398. The summed E-state index contributed by atoms with van der Waals surface area (Å²) in [7, 11) is 0. The number of nitrogens with zero attached hydrogens (tertiary/aromatic N) is 2. The third-order valence-electron chi connectivity index (χ3n) is 4.74. The Morgan fingerprint density at radius 2 is 1.60 bits per heavy atom. The number of amides is 2. The Hall–Kier alpha value is -4.26. The van der Waals surface area contributed by atoms with Crippen LogP contribution in [0.1, 0.15) is 36.6 Å². The smallest absolute Gasteiger partial charge is 0.342 e. The number of rotatable bonds is 5. The fourth-order valence-electron chi connectivity index (χ4n) is 3.18. The molecule has 1 aliphatic rings. The maximum Gasteiger partial charge on any atom is 0.342 e. The van der Waals surface area contributed by atoms with E-state index in [1.54, 1.807) is 48.5 Å². The maximum atomic E-state index is 12.5. The number of hydrogen-bond donors (Lipinski definition) is 1. The lowest BCUT2D eigenvalue weighted by Gasteiger charge is -2.14. The summed E-state index contributed by atoms with van der Waals surface area (Å²) in [6.45, 7) is 3.33. The van der Waals surface area contributed by atoms with Gasteiger partial charge in [0.15, 0.2) is 0 Å². The van der Waals surface area contributed by atoms with Gasteiger partial charge in [0.2, 0.25) is 0 Å². The summed E-state index contributed by atoms with van der Waals surface area (Å²) in [5, 5.41) is 9.85. The molecule has 0 spiro atoms. The van der Waals surface area contributed by atoms with Gasteiger partial charge in [0.05, 0.1) is 22.5 Å². The minimum atomic E-state index is -0.706. The van der Waals surface area contributed by atoms with E-state index in [4.69, 9.17) is 4.74 Å². The normalized spacial score (nSPS) is 12.6. The molecule has 0 saturated carbocycles. The first-order valence-electron chi connectivity index (χ1n) is 9.03. The number of aromatic hydroxyl groups is 1. The van der Waals surface area contributed by atoms with Crippen molar-refractivity contribution in [2.24, 2.45) is 4.99 Å². The van der Waals surface area contributed by atoms with Crippen molar-refractivity contribution >= 4 is 35.9 Å². The molecule has 0 aliphatic carbocycles. The predicted octanol–water partition coefficient (Wildman–Crippen LogP) is 3.88. The van der Waals surface area contributed by atoms with Crippen molar-refractivity contribution in [3.63, 3.8) is 0 Å². The average Bonchev–Trinajstić information content (AvgIpc) is 3.03. The van der Waals surface area contributed by atoms with Crippen molar-refractivity contribution < 1.29 is 24.2 Å². The Morgan fingerprint density at radius 1 is 0.967 bits per heavy atom. The van der Waals surface area contributed by atoms with E-state index in [2.05, 4.69) is 11.7 Å². The first-order valence-corrected chi connectivity index (χ1v) is 9.03. The lowest BCUT2D eigenvalue weighted by atomic mass is 10.1. The lowest BCUT2D eigenvalue weighted by molar-refractivity contribution is 0.0469. The van der Waals surface area contributed by atoms with E-state index in [1.807, 2.05) is 0 Å². The zero-order valence-electron chi connectivity index (χ0n) is 15.7. The molecule has 0 saturated heterocycles. The number of ether oxygens (including phenoxy) is 1. The Kier molecular flexibility index (Phi) is 4.85. The second kappa shape index (κ2) is 7.63. The average molecular weight is 400 g/mol. The molecule has 0 unspecified atom stereocenters. The van der Waals surface area contributed by atoms with E-state index in [-0.39, 0.29) is 29.7 Å². The van der Waals surface area contributed by atoms with Crippen LogP contribution in [0.5, 0.6) is 5.75 Å². The Labute approximate surface area is 171 Å². The first kappa shape index (κ1) is 19.1. The number of aliphatic imine (C=N–C) groups is 1. The predicted molar refractivity (Wildman–Crippen MR) is 110 cm³/mol. The van der Waals surface area contributed by atoms with Crippen molar-refractivity contribution in [1.82, 2.24) is 0 Å². The summed E-state index contributed by atoms with van der Waals surface area (Å²) >= 11 is 0. The minimum absolute atomic E-state index is 0.0115. The molecule has 4 rings (SSSR count). The van der Waals surface area contributed by atoms with Crippen molar-refractivity contribution in [2.45, 2.75) is 6.61 Å². The molecule has 0 atom stereocenters. The molecule has 0 radical (unpaired) electrons. The first-order chi connectivity index (χ1) is 14.5. The number of imide groups is 1. The summed E-state index contributed by atoms with van der Waals surface area (Å²) < 4.78 is 5.24. The molecule has 1 aliphatic heterocycles. The number of carbonyl (C=O) groups excluding carboxylic acids is 3. The molecule has 3 aromatic rings. The van der Waals surface area contributed by atoms with E-state index < -0.39 is 5.97 Å². The molecule has 148 valence electrons. The molecule has 0 bridgehead atoms. The SMILES string of the molecule is C=Nc1ccc(O)c(C(=O)OCc2ccc(N3C(=O)c4ccccc4C3=O)cc2)c1. The standard InChI is InChI=1S/C23H16N2O5/c1-24-15-8-11-20(26)19(12-15)23(29)30-13-14-6-9-16(10-7-14)25-21(27)17-4-2-3-5-18(17)22(25)28/h2-12,26H,1,13H2. The van der Waals surface area contributed by atoms with Gasteiger partial charge in [0.1, 0.15) is 17.9 Å². The monoisotopic (exact) mass is 400 g/mol. The molecule has 2 amide bonds. The lowest BCUT2D eigenvalue weighted by Crippen LogP contribution is -2.29. The molecule has 3 aromatic carbocycles. The van der Waals surface area contributed by atoms with E-state index in [0.29, 0.717) is 28.1 Å². The molecule has 30 heavy (non-hydrogen) atoms. The number of benzene rings is 3. The van der Waals surface area contributed by atoms with Gasteiger partial charge >= 0.3 is 5.97 Å². The van der Waals surface area contributed by atoms with Crippen LogP contribution in [0.3, 0.4) is 0 Å². The van der Waals surface area contributed by atoms with Gasteiger partial charge in [-0.05, 0) is 54.7 Å². The van der Waals surface area contributed by atoms with Crippen LogP contribution < -0.4 is 4.90 Å². The van der Waals surface area contributed by atoms with Crippen LogP contribution in [-0.4, -0.2) is 29.6 Å². The molecular weight excluding hydrogens is 384 g/mol. The molecule has 0 fully saturated rings. The Morgan fingerprint density at radius 3 is 2.20 bits per heavy atom. The van der Waals surface area contributed by atoms with E-state index in [0.717, 1.165) is 4.90 Å². The van der Waals surface area contributed by atoms with Gasteiger partial charge in [-0.1, -0.05) is 24.3 Å². The third-order valence-corrected chi connectivity index (χ3v) is 4.74. The fraction of sp³-hybridized carbons (Fsp3) is 0.0435. The number of fused-ring (bicyclic) bond motifs is 1. The van der Waals surface area contributed by atoms with Crippen molar-refractivity contribution in [3.05, 3.63) is 89.0 Å². The van der Waals surface area contributed by atoms with Crippen molar-refractivity contribution in [2.75, 3.05) is 4.90 Å². The largest absolute Gasteiger partial charge is 0.507 e. The van der Waals surface area contributed by atoms with Crippen LogP contribution in [-0.2, 0) is 11.3 Å². The minimum Gasteiger partial charge on any atom is -0.507 e. The van der Waals surface area contributed by atoms with Crippen molar-refractivity contribution in [3.8, 4) is 5.75 Å². The van der Waals surface area contributed by atoms with Gasteiger partial charge in [-0.2, -0.15) is 0 Å². The van der Waals surface area contributed by atoms with Gasteiger partial charge in [-0.25, -0.2) is 9.69 Å². The van der Waals surface area contributed by atoms with Crippen LogP contribution in [0.4, 0.5) is 11.4 Å². The molecular formula is C23H16N2O5. The summed E-state index contributed by atoms with van der Waals surface area (Å²) in [4.78, 5) is 42.2. The number of phenols is 1. The molecule has 1 N–H and O–H groups in total. The van der Waals surface area contributed by atoms with Crippen LogP contribution in [0.2, 0.25) is 0 Å². The zero-order chi connectivity index (χ0) is 21.3. The second-order valence-corrected chi connectivity index (χ2v) is 6.59. The second-order valence-electron chi connectivity index (χ2n) is 6.59. The molecule has 7 nitrogen and oxygen atoms in total. The number of esters is 1. The fourth-order valence-corrected chi connectivity index (χ4v) is 3.18. The highest BCUT2D eigenvalue weighted by Crippen LogP contribution is 2.29. The van der Waals surface area contributed by atoms with E-state index >= 15 is 0 Å². The molecule has 0 aromatic heterocycles. The van der Waals surface area contributed by atoms with Crippen LogP contribution in [0.15, 0.2) is 71.7 Å². The van der Waals surface area contributed by atoms with Gasteiger partial charge in [0.25, 0.3) is 11.8 Å². The summed E-state index contributed by atoms with van der Waals surface area (Å²) in [6, 6.07) is 17.5. The summed E-state index contributed by atoms with van der Waals surface area (Å²) in [5.74, 6) is -1.67. The van der Waals surface area contributed by atoms with Gasteiger partial charge in [-0.15, -0.1) is 0 Å². The van der Waals surface area contributed by atoms with Gasteiger partial charge in [-0.3, -0.25) is 14.6 Å².